The lowest BCUT2D eigenvalue weighted by Crippen LogP contribution is -2.42. The van der Waals surface area contributed by atoms with Crippen LogP contribution in [0.1, 0.15) is 41.3 Å². The molecule has 1 N–H and O–H groups in total. The second kappa shape index (κ2) is 6.92. The van der Waals surface area contributed by atoms with Gasteiger partial charge in [0.15, 0.2) is 11.4 Å². The van der Waals surface area contributed by atoms with Crippen LogP contribution in [0.25, 0.3) is 0 Å². The molecule has 3 rings (SSSR count). The normalized spacial score (nSPS) is 18.8. The minimum Gasteiger partial charge on any atom is -0.497 e. The van der Waals surface area contributed by atoms with Crippen molar-refractivity contribution < 1.29 is 19.4 Å². The second-order valence-electron chi connectivity index (χ2n) is 6.67. The highest BCUT2D eigenvalue weighted by Crippen LogP contribution is 2.43. The van der Waals surface area contributed by atoms with E-state index in [0.717, 1.165) is 12.0 Å². The van der Waals surface area contributed by atoms with Gasteiger partial charge in [0.2, 0.25) is 0 Å². The molecule has 0 unspecified atom stereocenters. The quantitative estimate of drug-likeness (QED) is 0.810. The summed E-state index contributed by atoms with van der Waals surface area (Å²) < 4.78 is 5.10. The first kappa shape index (κ1) is 18.1. The van der Waals surface area contributed by atoms with E-state index in [2.05, 4.69) is 0 Å². The molecule has 0 aliphatic carbocycles. The van der Waals surface area contributed by atoms with Crippen LogP contribution in [0.5, 0.6) is 5.75 Å². The first-order valence-electron chi connectivity index (χ1n) is 8.73. The number of ketones is 1. The van der Waals surface area contributed by atoms with Gasteiger partial charge in [-0.1, -0.05) is 24.6 Å². The molecule has 136 valence electrons. The van der Waals surface area contributed by atoms with Crippen LogP contribution >= 0.6 is 0 Å². The Balaban J connectivity index is 1.96. The number of fused-ring (bicyclic) bond motifs is 1. The lowest BCUT2D eigenvalue weighted by atomic mass is 9.87. The standard InChI is InChI=1S/C21H23NO4/c1-4-11-22-18-10-5-14(2)12-17(18)21(25,20(22)24)13-19(23)15-6-8-16(26-3)9-7-15/h5-10,12,25H,4,11,13H2,1-3H3/t21-/m0/s1. The zero-order chi connectivity index (χ0) is 18.9. The van der Waals surface area contributed by atoms with E-state index in [1.54, 1.807) is 42.3 Å². The van der Waals surface area contributed by atoms with Crippen LogP contribution < -0.4 is 9.64 Å². The van der Waals surface area contributed by atoms with E-state index in [1.165, 1.54) is 0 Å². The average Bonchev–Trinajstić information content (AvgIpc) is 2.84. The number of Topliss-reactive ketones (excluding diaryl/α,β-unsaturated/α-hetero) is 1. The number of nitrogens with zero attached hydrogens (tertiary/aromatic N) is 1. The van der Waals surface area contributed by atoms with Crippen LogP contribution in [0.4, 0.5) is 5.69 Å². The van der Waals surface area contributed by atoms with Crippen LogP contribution in [0, 0.1) is 6.92 Å². The molecule has 1 aliphatic heterocycles. The number of benzene rings is 2. The average molecular weight is 353 g/mol. The summed E-state index contributed by atoms with van der Waals surface area (Å²) in [5.41, 5.74) is 0.749. The van der Waals surface area contributed by atoms with Gasteiger partial charge in [0, 0.05) is 17.7 Å². The van der Waals surface area contributed by atoms with Crippen molar-refractivity contribution in [3.05, 3.63) is 59.2 Å². The molecule has 1 atom stereocenters. The van der Waals surface area contributed by atoms with Crippen molar-refractivity contribution >= 4 is 17.4 Å². The predicted octanol–water partition coefficient (Wildman–Crippen LogP) is 3.22. The summed E-state index contributed by atoms with van der Waals surface area (Å²) in [4.78, 5) is 27.3. The van der Waals surface area contributed by atoms with Gasteiger partial charge < -0.3 is 14.7 Å². The summed E-state index contributed by atoms with van der Waals surface area (Å²) in [6.45, 7) is 4.38. The Morgan fingerprint density at radius 3 is 2.50 bits per heavy atom. The summed E-state index contributed by atoms with van der Waals surface area (Å²) in [7, 11) is 1.55. The molecular weight excluding hydrogens is 330 g/mol. The molecule has 0 radical (unpaired) electrons. The number of ether oxygens (including phenoxy) is 1. The van der Waals surface area contributed by atoms with E-state index in [4.69, 9.17) is 4.74 Å². The number of hydrogen-bond donors (Lipinski definition) is 1. The van der Waals surface area contributed by atoms with E-state index in [1.807, 2.05) is 26.0 Å². The second-order valence-corrected chi connectivity index (χ2v) is 6.67. The van der Waals surface area contributed by atoms with E-state index in [-0.39, 0.29) is 12.2 Å². The molecule has 5 nitrogen and oxygen atoms in total. The van der Waals surface area contributed by atoms with Crippen LogP contribution in [0.15, 0.2) is 42.5 Å². The van der Waals surface area contributed by atoms with Crippen molar-refractivity contribution in [3.8, 4) is 5.75 Å². The minimum absolute atomic E-state index is 0.283. The summed E-state index contributed by atoms with van der Waals surface area (Å²) in [6, 6.07) is 12.2. The number of rotatable bonds is 6. The Morgan fingerprint density at radius 1 is 1.19 bits per heavy atom. The summed E-state index contributed by atoms with van der Waals surface area (Å²) >= 11 is 0. The smallest absolute Gasteiger partial charge is 0.264 e. The first-order chi connectivity index (χ1) is 12.4. The molecule has 1 aliphatic rings. The van der Waals surface area contributed by atoms with E-state index < -0.39 is 11.5 Å². The van der Waals surface area contributed by atoms with Gasteiger partial charge in [-0.25, -0.2) is 0 Å². The number of hydrogen-bond acceptors (Lipinski definition) is 4. The Kier molecular flexibility index (Phi) is 4.83. The molecule has 1 amide bonds. The summed E-state index contributed by atoms with van der Waals surface area (Å²) in [6.07, 6.45) is 0.483. The maximum atomic E-state index is 13.0. The number of aliphatic hydroxyl groups is 1. The molecule has 0 spiro atoms. The van der Waals surface area contributed by atoms with E-state index in [0.29, 0.717) is 29.1 Å². The maximum absolute atomic E-state index is 13.0. The number of amides is 1. The number of aryl methyl sites for hydroxylation is 1. The number of methoxy groups -OCH3 is 1. The highest BCUT2D eigenvalue weighted by atomic mass is 16.5. The number of carbonyl (C=O) groups is 2. The fraction of sp³-hybridized carbons (Fsp3) is 0.333. The molecule has 0 saturated heterocycles. The predicted molar refractivity (Wildman–Crippen MR) is 99.7 cm³/mol. The Labute approximate surface area is 153 Å². The molecule has 5 heteroatoms. The molecule has 0 saturated carbocycles. The van der Waals surface area contributed by atoms with Crippen molar-refractivity contribution in [3.63, 3.8) is 0 Å². The van der Waals surface area contributed by atoms with Gasteiger partial charge in [-0.05, 0) is 43.7 Å². The van der Waals surface area contributed by atoms with Gasteiger partial charge >= 0.3 is 0 Å². The van der Waals surface area contributed by atoms with Gasteiger partial charge in [0.1, 0.15) is 5.75 Å². The topological polar surface area (TPSA) is 66.8 Å². The van der Waals surface area contributed by atoms with Crippen molar-refractivity contribution in [2.75, 3.05) is 18.6 Å². The first-order valence-corrected chi connectivity index (χ1v) is 8.73. The fourth-order valence-electron chi connectivity index (χ4n) is 3.39. The van der Waals surface area contributed by atoms with Crippen molar-refractivity contribution in [1.29, 1.82) is 0 Å². The molecule has 2 aromatic rings. The summed E-state index contributed by atoms with van der Waals surface area (Å²) in [5, 5.41) is 11.2. The van der Waals surface area contributed by atoms with Crippen molar-refractivity contribution in [2.24, 2.45) is 0 Å². The molecule has 1 heterocycles. The van der Waals surface area contributed by atoms with Gasteiger partial charge in [0.05, 0.1) is 19.2 Å². The largest absolute Gasteiger partial charge is 0.497 e. The van der Waals surface area contributed by atoms with Gasteiger partial charge in [0.25, 0.3) is 5.91 Å². The van der Waals surface area contributed by atoms with Crippen molar-refractivity contribution in [1.82, 2.24) is 0 Å². The fourth-order valence-corrected chi connectivity index (χ4v) is 3.39. The molecule has 2 aromatic carbocycles. The van der Waals surface area contributed by atoms with Gasteiger partial charge in [-0.15, -0.1) is 0 Å². The van der Waals surface area contributed by atoms with Crippen LogP contribution in [0.2, 0.25) is 0 Å². The highest BCUT2D eigenvalue weighted by Gasteiger charge is 2.50. The highest BCUT2D eigenvalue weighted by molar-refractivity contribution is 6.10. The van der Waals surface area contributed by atoms with Crippen molar-refractivity contribution in [2.45, 2.75) is 32.3 Å². The third-order valence-electron chi connectivity index (χ3n) is 4.76. The Bertz CT molecular complexity index is 844. The molecule has 0 bridgehead atoms. The van der Waals surface area contributed by atoms with Crippen LogP contribution in [0.3, 0.4) is 0 Å². The zero-order valence-electron chi connectivity index (χ0n) is 15.3. The lowest BCUT2D eigenvalue weighted by molar-refractivity contribution is -0.135. The molecule has 0 fully saturated rings. The third kappa shape index (κ3) is 2.99. The number of anilines is 1. The molecular formula is C21H23NO4. The monoisotopic (exact) mass is 353 g/mol. The van der Waals surface area contributed by atoms with E-state index >= 15 is 0 Å². The Hall–Kier alpha value is -2.66. The molecule has 26 heavy (non-hydrogen) atoms. The van der Waals surface area contributed by atoms with Gasteiger partial charge in [-0.3, -0.25) is 9.59 Å². The summed E-state index contributed by atoms with van der Waals surface area (Å²) in [5.74, 6) is -0.0663. The lowest BCUT2D eigenvalue weighted by Gasteiger charge is -2.22. The van der Waals surface area contributed by atoms with Crippen LogP contribution in [-0.2, 0) is 10.4 Å². The minimum atomic E-state index is -1.83. The van der Waals surface area contributed by atoms with Gasteiger partial charge in [-0.2, -0.15) is 0 Å². The third-order valence-corrected chi connectivity index (χ3v) is 4.76. The Morgan fingerprint density at radius 2 is 1.88 bits per heavy atom. The molecule has 0 aromatic heterocycles. The zero-order valence-corrected chi connectivity index (χ0v) is 15.3. The maximum Gasteiger partial charge on any atom is 0.264 e. The SMILES string of the molecule is CCCN1C(=O)[C@](O)(CC(=O)c2ccc(OC)cc2)c2cc(C)ccc21. The van der Waals surface area contributed by atoms with Crippen LogP contribution in [-0.4, -0.2) is 30.5 Å². The van der Waals surface area contributed by atoms with E-state index in [9.17, 15) is 14.7 Å². The number of carbonyl (C=O) groups excluding carboxylic acids is 2.